The number of nitrogens with one attached hydrogen (secondary N) is 1. The summed E-state index contributed by atoms with van der Waals surface area (Å²) in [5, 5.41) is 3.91. The highest BCUT2D eigenvalue weighted by molar-refractivity contribution is 7.99. The molecule has 0 amide bonds. The monoisotopic (exact) mass is 252 g/mol. The van der Waals surface area contributed by atoms with Crippen LogP contribution in [0.3, 0.4) is 0 Å². The van der Waals surface area contributed by atoms with Gasteiger partial charge in [-0.3, -0.25) is 4.90 Å². The lowest BCUT2D eigenvalue weighted by Gasteiger charge is -2.32. The summed E-state index contributed by atoms with van der Waals surface area (Å²) in [5.74, 6) is 0.921. The van der Waals surface area contributed by atoms with Crippen molar-refractivity contribution in [3.8, 4) is 5.75 Å². The highest BCUT2D eigenvalue weighted by atomic mass is 32.2. The maximum absolute atomic E-state index is 5.16. The van der Waals surface area contributed by atoms with E-state index in [0.717, 1.165) is 31.9 Å². The van der Waals surface area contributed by atoms with Crippen molar-refractivity contribution in [1.82, 2.24) is 10.2 Å². The van der Waals surface area contributed by atoms with E-state index in [1.54, 1.807) is 7.11 Å². The fourth-order valence-electron chi connectivity index (χ4n) is 1.97. The summed E-state index contributed by atoms with van der Waals surface area (Å²) in [6.07, 6.45) is 0. The predicted molar refractivity (Wildman–Crippen MR) is 72.8 cm³/mol. The van der Waals surface area contributed by atoms with E-state index in [4.69, 9.17) is 4.74 Å². The van der Waals surface area contributed by atoms with E-state index in [2.05, 4.69) is 29.3 Å². The average Bonchev–Trinajstić information content (AvgIpc) is 2.40. The van der Waals surface area contributed by atoms with Gasteiger partial charge in [-0.2, -0.15) is 0 Å². The largest absolute Gasteiger partial charge is 0.497 e. The molecule has 1 aromatic rings. The molecule has 1 fully saturated rings. The molecular weight excluding hydrogens is 232 g/mol. The van der Waals surface area contributed by atoms with Gasteiger partial charge in [0.2, 0.25) is 0 Å². The first-order valence-corrected chi connectivity index (χ1v) is 6.93. The molecule has 1 saturated heterocycles. The fraction of sp³-hybridized carbons (Fsp3) is 0.538. The topological polar surface area (TPSA) is 24.5 Å². The van der Waals surface area contributed by atoms with Crippen LogP contribution in [0.5, 0.6) is 5.75 Å². The third kappa shape index (κ3) is 3.63. The van der Waals surface area contributed by atoms with Gasteiger partial charge >= 0.3 is 0 Å². The molecule has 94 valence electrons. The number of hydrogen-bond donors (Lipinski definition) is 1. The lowest BCUT2D eigenvalue weighted by Crippen LogP contribution is -2.46. The second kappa shape index (κ2) is 6.28. The van der Waals surface area contributed by atoms with Gasteiger partial charge in [-0.1, -0.05) is 0 Å². The Balaban J connectivity index is 1.89. The number of benzene rings is 1. The minimum atomic E-state index is 0.533. The van der Waals surface area contributed by atoms with Gasteiger partial charge in [-0.05, 0) is 31.2 Å². The number of thioether (sulfide) groups is 1. The van der Waals surface area contributed by atoms with Gasteiger partial charge < -0.3 is 10.1 Å². The minimum absolute atomic E-state index is 0.533. The highest BCUT2D eigenvalue weighted by Crippen LogP contribution is 2.27. The van der Waals surface area contributed by atoms with Crippen molar-refractivity contribution in [2.45, 2.75) is 17.2 Å². The molecule has 0 saturated carbocycles. The average molecular weight is 252 g/mol. The molecular formula is C13H20N2OS. The molecule has 1 aliphatic heterocycles. The fourth-order valence-corrected chi connectivity index (χ4v) is 3.02. The summed E-state index contributed by atoms with van der Waals surface area (Å²) in [6.45, 7) is 6.77. The lowest BCUT2D eigenvalue weighted by atomic mass is 10.3. The Morgan fingerprint density at radius 2 is 1.88 bits per heavy atom. The summed E-state index contributed by atoms with van der Waals surface area (Å²) in [4.78, 5) is 3.82. The van der Waals surface area contributed by atoms with Gasteiger partial charge in [-0.25, -0.2) is 0 Å². The van der Waals surface area contributed by atoms with Crippen molar-refractivity contribution < 1.29 is 4.74 Å². The summed E-state index contributed by atoms with van der Waals surface area (Å²) in [7, 11) is 1.70. The van der Waals surface area contributed by atoms with E-state index in [1.165, 1.54) is 4.90 Å². The molecule has 1 unspecified atom stereocenters. The standard InChI is InChI=1S/C13H20N2OS/c1-11(15-9-7-14-8-10-15)17-13-5-3-12(16-2)4-6-13/h3-6,11,14H,7-10H2,1-2H3. The molecule has 0 bridgehead atoms. The van der Waals surface area contributed by atoms with E-state index < -0.39 is 0 Å². The van der Waals surface area contributed by atoms with Gasteiger partial charge in [0.25, 0.3) is 0 Å². The Hall–Kier alpha value is -0.710. The Morgan fingerprint density at radius 1 is 1.24 bits per heavy atom. The molecule has 0 spiro atoms. The summed E-state index contributed by atoms with van der Waals surface area (Å²) in [5.41, 5.74) is 0. The minimum Gasteiger partial charge on any atom is -0.497 e. The predicted octanol–water partition coefficient (Wildman–Crippen LogP) is 2.04. The van der Waals surface area contributed by atoms with Gasteiger partial charge in [0.05, 0.1) is 12.5 Å². The molecule has 4 heteroatoms. The Kier molecular flexibility index (Phi) is 4.71. The van der Waals surface area contributed by atoms with Crippen molar-refractivity contribution in [1.29, 1.82) is 0 Å². The van der Waals surface area contributed by atoms with Crippen LogP contribution in [-0.4, -0.2) is 43.6 Å². The molecule has 1 atom stereocenters. The van der Waals surface area contributed by atoms with E-state index in [1.807, 2.05) is 23.9 Å². The van der Waals surface area contributed by atoms with Crippen molar-refractivity contribution in [3.05, 3.63) is 24.3 Å². The van der Waals surface area contributed by atoms with Crippen molar-refractivity contribution in [3.63, 3.8) is 0 Å². The van der Waals surface area contributed by atoms with Crippen LogP contribution >= 0.6 is 11.8 Å². The van der Waals surface area contributed by atoms with Crippen molar-refractivity contribution in [2.75, 3.05) is 33.3 Å². The molecule has 1 aliphatic rings. The molecule has 1 aromatic carbocycles. The van der Waals surface area contributed by atoms with E-state index >= 15 is 0 Å². The highest BCUT2D eigenvalue weighted by Gasteiger charge is 2.16. The second-order valence-electron chi connectivity index (χ2n) is 4.18. The normalized spacial score (nSPS) is 18.9. The van der Waals surface area contributed by atoms with Gasteiger partial charge in [0, 0.05) is 31.1 Å². The Labute approximate surface area is 108 Å². The van der Waals surface area contributed by atoms with Crippen molar-refractivity contribution in [2.24, 2.45) is 0 Å². The first kappa shape index (κ1) is 12.7. The zero-order chi connectivity index (χ0) is 12.1. The number of rotatable bonds is 4. The van der Waals surface area contributed by atoms with Gasteiger partial charge in [0.15, 0.2) is 0 Å². The summed E-state index contributed by atoms with van der Waals surface area (Å²) in [6, 6.07) is 8.30. The maximum atomic E-state index is 5.16. The van der Waals surface area contributed by atoms with Crippen LogP contribution in [-0.2, 0) is 0 Å². The van der Waals surface area contributed by atoms with Crippen molar-refractivity contribution >= 4 is 11.8 Å². The smallest absolute Gasteiger partial charge is 0.118 e. The number of nitrogens with zero attached hydrogens (tertiary/aromatic N) is 1. The molecule has 17 heavy (non-hydrogen) atoms. The van der Waals surface area contributed by atoms with Crippen LogP contribution in [0.2, 0.25) is 0 Å². The maximum Gasteiger partial charge on any atom is 0.118 e. The SMILES string of the molecule is COc1ccc(SC(C)N2CCNCC2)cc1. The molecule has 0 aromatic heterocycles. The number of piperazine rings is 1. The van der Waals surface area contributed by atoms with Gasteiger partial charge in [-0.15, -0.1) is 11.8 Å². The Bertz CT molecular complexity index is 336. The molecule has 1 N–H and O–H groups in total. The number of ether oxygens (including phenoxy) is 1. The third-order valence-corrected chi connectivity index (χ3v) is 4.22. The van der Waals surface area contributed by atoms with Crippen LogP contribution in [0.15, 0.2) is 29.2 Å². The number of methoxy groups -OCH3 is 1. The van der Waals surface area contributed by atoms with E-state index in [0.29, 0.717) is 5.37 Å². The zero-order valence-electron chi connectivity index (χ0n) is 10.5. The molecule has 0 aliphatic carbocycles. The first-order chi connectivity index (χ1) is 8.29. The van der Waals surface area contributed by atoms with Crippen LogP contribution in [0.25, 0.3) is 0 Å². The van der Waals surface area contributed by atoms with Gasteiger partial charge in [0.1, 0.15) is 5.75 Å². The summed E-state index contributed by atoms with van der Waals surface area (Å²) < 4.78 is 5.16. The van der Waals surface area contributed by atoms with Crippen LogP contribution in [0.1, 0.15) is 6.92 Å². The Morgan fingerprint density at radius 3 is 2.47 bits per heavy atom. The second-order valence-corrected chi connectivity index (χ2v) is 5.57. The summed E-state index contributed by atoms with van der Waals surface area (Å²) >= 11 is 1.91. The molecule has 2 rings (SSSR count). The van der Waals surface area contributed by atoms with E-state index in [9.17, 15) is 0 Å². The van der Waals surface area contributed by atoms with Crippen LogP contribution < -0.4 is 10.1 Å². The number of hydrogen-bond acceptors (Lipinski definition) is 4. The lowest BCUT2D eigenvalue weighted by molar-refractivity contribution is 0.234. The van der Waals surface area contributed by atoms with E-state index in [-0.39, 0.29) is 0 Å². The molecule has 3 nitrogen and oxygen atoms in total. The zero-order valence-corrected chi connectivity index (χ0v) is 11.3. The quantitative estimate of drug-likeness (QED) is 0.829. The third-order valence-electron chi connectivity index (χ3n) is 3.03. The molecule has 1 heterocycles. The van der Waals surface area contributed by atoms with Crippen LogP contribution in [0.4, 0.5) is 0 Å². The van der Waals surface area contributed by atoms with Crippen LogP contribution in [0, 0.1) is 0 Å². The molecule has 0 radical (unpaired) electrons. The first-order valence-electron chi connectivity index (χ1n) is 6.05.